The van der Waals surface area contributed by atoms with Gasteiger partial charge in [-0.1, -0.05) is 31.4 Å². The van der Waals surface area contributed by atoms with Crippen molar-refractivity contribution in [3.05, 3.63) is 48.3 Å². The molecule has 0 atom stereocenters. The fourth-order valence-corrected chi connectivity index (χ4v) is 3.72. The number of benzene rings is 2. The van der Waals surface area contributed by atoms with Gasteiger partial charge in [-0.3, -0.25) is 4.98 Å². The number of carbonyl (C=O) groups is 1. The summed E-state index contributed by atoms with van der Waals surface area (Å²) in [6.45, 7) is 0. The number of aromatic carboxylic acids is 1. The molecule has 0 radical (unpaired) electrons. The summed E-state index contributed by atoms with van der Waals surface area (Å²) in [5.74, 6) is -1.15. The zero-order valence-electron chi connectivity index (χ0n) is 14.4. The zero-order chi connectivity index (χ0) is 16.5. The van der Waals surface area contributed by atoms with E-state index in [4.69, 9.17) is 0 Å². The van der Waals surface area contributed by atoms with Crippen LogP contribution in [0.15, 0.2) is 42.7 Å². The number of anilines is 1. The van der Waals surface area contributed by atoms with Crippen molar-refractivity contribution in [2.75, 3.05) is 5.32 Å². The minimum atomic E-state index is -1.15. The van der Waals surface area contributed by atoms with Crippen LogP contribution in [0.2, 0.25) is 0 Å². The van der Waals surface area contributed by atoms with E-state index < -0.39 is 5.97 Å². The minimum Gasteiger partial charge on any atom is -0.545 e. The van der Waals surface area contributed by atoms with E-state index in [9.17, 15) is 9.90 Å². The van der Waals surface area contributed by atoms with E-state index in [0.29, 0.717) is 6.04 Å². The van der Waals surface area contributed by atoms with E-state index in [0.717, 1.165) is 27.2 Å². The predicted octanol–water partition coefficient (Wildman–Crippen LogP) is 0.500. The Hall–Kier alpha value is -1.62. The molecular weight excluding hydrogens is 323 g/mol. The van der Waals surface area contributed by atoms with Gasteiger partial charge in [0.05, 0.1) is 5.97 Å². The SMILES string of the molecule is O=C([O-])c1ccc2c(c1)cc(NC1CCCCC1)c1ccncc12.[Na+]. The van der Waals surface area contributed by atoms with Gasteiger partial charge < -0.3 is 15.2 Å². The first kappa shape index (κ1) is 18.2. The molecule has 3 aromatic rings. The minimum absolute atomic E-state index is 0. The maximum absolute atomic E-state index is 11.2. The molecule has 0 aliphatic heterocycles. The van der Waals surface area contributed by atoms with Crippen molar-refractivity contribution in [1.29, 1.82) is 0 Å². The fourth-order valence-electron chi connectivity index (χ4n) is 3.72. The maximum atomic E-state index is 11.2. The van der Waals surface area contributed by atoms with Crippen molar-refractivity contribution >= 4 is 33.2 Å². The fraction of sp³-hybridized carbons (Fsp3) is 0.300. The summed E-state index contributed by atoms with van der Waals surface area (Å²) < 4.78 is 0. The van der Waals surface area contributed by atoms with Crippen LogP contribution in [-0.4, -0.2) is 17.0 Å². The molecule has 4 rings (SSSR count). The molecule has 4 nitrogen and oxygen atoms in total. The Labute approximate surface area is 168 Å². The number of aromatic nitrogens is 1. The molecular formula is C20H19N2NaO2. The van der Waals surface area contributed by atoms with Crippen LogP contribution in [0.5, 0.6) is 0 Å². The summed E-state index contributed by atoms with van der Waals surface area (Å²) in [4.78, 5) is 15.4. The molecule has 122 valence electrons. The van der Waals surface area contributed by atoms with Gasteiger partial charge in [0.2, 0.25) is 0 Å². The Bertz CT molecular complexity index is 920. The van der Waals surface area contributed by atoms with Gasteiger partial charge in [-0.05, 0) is 47.4 Å². The van der Waals surface area contributed by atoms with Crippen LogP contribution in [0.3, 0.4) is 0 Å². The Balaban J connectivity index is 0.00000182. The van der Waals surface area contributed by atoms with Crippen LogP contribution < -0.4 is 40.0 Å². The van der Waals surface area contributed by atoms with Gasteiger partial charge in [-0.25, -0.2) is 0 Å². The smallest absolute Gasteiger partial charge is 0.545 e. The standard InChI is InChI=1S/C20H20N2O2.Na/c23-20(24)13-6-7-16-14(10-13)11-19(17-8-9-21-12-18(16)17)22-15-4-2-1-3-5-15;/h6-12,15,22H,1-5H2,(H,23,24);/q;+1/p-1. The topological polar surface area (TPSA) is 65.0 Å². The van der Waals surface area contributed by atoms with Crippen molar-refractivity contribution in [3.8, 4) is 0 Å². The number of pyridine rings is 1. The molecule has 1 aliphatic carbocycles. The number of nitrogens with zero attached hydrogens (tertiary/aromatic N) is 1. The summed E-state index contributed by atoms with van der Waals surface area (Å²) in [6, 6.07) is 9.68. The maximum Gasteiger partial charge on any atom is 1.00 e. The third-order valence-electron chi connectivity index (χ3n) is 4.95. The number of carboxylic acid groups (broad SMARTS) is 1. The first-order valence-electron chi connectivity index (χ1n) is 8.51. The summed E-state index contributed by atoms with van der Waals surface area (Å²) in [6.07, 6.45) is 9.86. The van der Waals surface area contributed by atoms with Crippen molar-refractivity contribution in [2.24, 2.45) is 0 Å². The van der Waals surface area contributed by atoms with Gasteiger partial charge >= 0.3 is 29.6 Å². The first-order chi connectivity index (χ1) is 11.7. The molecule has 1 aromatic heterocycles. The number of fused-ring (bicyclic) bond motifs is 3. The van der Waals surface area contributed by atoms with E-state index in [1.54, 1.807) is 18.3 Å². The van der Waals surface area contributed by atoms with Crippen LogP contribution >= 0.6 is 0 Å². The molecule has 1 saturated carbocycles. The number of carboxylic acids is 1. The van der Waals surface area contributed by atoms with Crippen LogP contribution in [0.4, 0.5) is 5.69 Å². The van der Waals surface area contributed by atoms with E-state index >= 15 is 0 Å². The monoisotopic (exact) mass is 342 g/mol. The molecule has 0 bridgehead atoms. The van der Waals surface area contributed by atoms with E-state index in [-0.39, 0.29) is 35.1 Å². The summed E-state index contributed by atoms with van der Waals surface area (Å²) in [7, 11) is 0. The third kappa shape index (κ3) is 3.66. The van der Waals surface area contributed by atoms with Gasteiger partial charge in [0.25, 0.3) is 0 Å². The zero-order valence-corrected chi connectivity index (χ0v) is 16.4. The largest absolute Gasteiger partial charge is 1.00 e. The van der Waals surface area contributed by atoms with Crippen molar-refractivity contribution in [2.45, 2.75) is 38.1 Å². The first-order valence-corrected chi connectivity index (χ1v) is 8.51. The number of nitrogens with one attached hydrogen (secondary N) is 1. The van der Waals surface area contributed by atoms with Gasteiger partial charge in [-0.2, -0.15) is 0 Å². The Morgan fingerprint density at radius 3 is 2.60 bits per heavy atom. The molecule has 1 heterocycles. The molecule has 0 unspecified atom stereocenters. The number of hydrogen-bond donors (Lipinski definition) is 1. The van der Waals surface area contributed by atoms with Crippen molar-refractivity contribution in [3.63, 3.8) is 0 Å². The van der Waals surface area contributed by atoms with Crippen LogP contribution in [0, 0.1) is 0 Å². The van der Waals surface area contributed by atoms with E-state index in [1.807, 2.05) is 18.3 Å². The van der Waals surface area contributed by atoms with Gasteiger partial charge in [0, 0.05) is 34.9 Å². The quantitative estimate of drug-likeness (QED) is 0.556. The third-order valence-corrected chi connectivity index (χ3v) is 4.95. The number of hydrogen-bond acceptors (Lipinski definition) is 4. The van der Waals surface area contributed by atoms with Crippen LogP contribution in [-0.2, 0) is 0 Å². The molecule has 0 amide bonds. The Morgan fingerprint density at radius 1 is 1.04 bits per heavy atom. The molecule has 5 heteroatoms. The molecule has 25 heavy (non-hydrogen) atoms. The van der Waals surface area contributed by atoms with Gasteiger partial charge in [0.1, 0.15) is 0 Å². The number of carbonyl (C=O) groups excluding carboxylic acids is 1. The second-order valence-corrected chi connectivity index (χ2v) is 6.55. The molecule has 2 aromatic carbocycles. The van der Waals surface area contributed by atoms with Gasteiger partial charge in [-0.15, -0.1) is 0 Å². The average molecular weight is 342 g/mol. The summed E-state index contributed by atoms with van der Waals surface area (Å²) in [5.41, 5.74) is 1.26. The van der Waals surface area contributed by atoms with Gasteiger partial charge in [0.15, 0.2) is 0 Å². The van der Waals surface area contributed by atoms with Crippen LogP contribution in [0.25, 0.3) is 21.5 Å². The average Bonchev–Trinajstić information content (AvgIpc) is 2.62. The second-order valence-electron chi connectivity index (χ2n) is 6.55. The van der Waals surface area contributed by atoms with E-state index in [2.05, 4.69) is 16.4 Å². The molecule has 1 aliphatic rings. The van der Waals surface area contributed by atoms with E-state index in [1.165, 1.54) is 32.1 Å². The Kier molecular flexibility index (Phi) is 5.62. The summed E-state index contributed by atoms with van der Waals surface area (Å²) in [5, 5.41) is 18.9. The molecule has 0 spiro atoms. The molecule has 0 saturated heterocycles. The Morgan fingerprint density at radius 2 is 1.84 bits per heavy atom. The van der Waals surface area contributed by atoms with Crippen molar-refractivity contribution < 1.29 is 39.5 Å². The molecule has 1 fully saturated rings. The number of rotatable bonds is 3. The summed E-state index contributed by atoms with van der Waals surface area (Å²) >= 11 is 0. The van der Waals surface area contributed by atoms with Crippen molar-refractivity contribution in [1.82, 2.24) is 4.98 Å². The predicted molar refractivity (Wildman–Crippen MR) is 94.1 cm³/mol. The van der Waals surface area contributed by atoms with Crippen LogP contribution in [0.1, 0.15) is 42.5 Å². The normalized spacial score (nSPS) is 15.0. The second kappa shape index (κ2) is 7.73. The molecule has 1 N–H and O–H groups in total.